The molecule has 0 aliphatic heterocycles. The van der Waals surface area contributed by atoms with Crippen molar-refractivity contribution in [3.05, 3.63) is 29.8 Å². The monoisotopic (exact) mass is 266 g/mol. The van der Waals surface area contributed by atoms with E-state index in [4.69, 9.17) is 0 Å². The second-order valence-corrected chi connectivity index (χ2v) is 7.01. The smallest absolute Gasteiger partial charge is 0.178 e. The van der Waals surface area contributed by atoms with Gasteiger partial charge in [-0.2, -0.15) is 0 Å². The topological polar surface area (TPSA) is 51.2 Å². The Morgan fingerprint density at radius 2 is 1.89 bits per heavy atom. The number of carbonyl (C=O) groups excluding carboxylic acids is 1. The zero-order valence-electron chi connectivity index (χ0n) is 10.3. The Hall–Kier alpha value is -1.16. The first-order valence-electron chi connectivity index (χ1n) is 6.40. The summed E-state index contributed by atoms with van der Waals surface area (Å²) in [6, 6.07) is 6.28. The van der Waals surface area contributed by atoms with Crippen molar-refractivity contribution in [3.8, 4) is 0 Å². The van der Waals surface area contributed by atoms with Gasteiger partial charge < -0.3 is 0 Å². The summed E-state index contributed by atoms with van der Waals surface area (Å²) in [4.78, 5) is 11.0. The Labute approximate surface area is 108 Å². The van der Waals surface area contributed by atoms with E-state index in [2.05, 4.69) is 0 Å². The minimum Gasteiger partial charge on any atom is -0.298 e. The van der Waals surface area contributed by atoms with Crippen molar-refractivity contribution in [2.45, 2.75) is 37.0 Å². The van der Waals surface area contributed by atoms with E-state index in [1.54, 1.807) is 18.2 Å². The first-order chi connectivity index (χ1) is 8.62. The van der Waals surface area contributed by atoms with Gasteiger partial charge in [-0.05, 0) is 30.9 Å². The molecule has 0 amide bonds. The number of aldehydes is 1. The molecule has 0 spiro atoms. The predicted octanol–water partition coefficient (Wildman–Crippen LogP) is 2.85. The highest BCUT2D eigenvalue weighted by molar-refractivity contribution is 7.91. The number of rotatable bonds is 4. The van der Waals surface area contributed by atoms with E-state index in [0.29, 0.717) is 11.8 Å². The average Bonchev–Trinajstić information content (AvgIpc) is 2.39. The van der Waals surface area contributed by atoms with Crippen LogP contribution >= 0.6 is 0 Å². The van der Waals surface area contributed by atoms with Crippen LogP contribution in [0, 0.1) is 5.92 Å². The standard InChI is InChI=1S/C14H18O3S/c15-10-13-7-4-8-14(9-13)18(16,17)11-12-5-2-1-3-6-12/h4,7-10,12H,1-3,5-6,11H2. The normalized spacial score (nSPS) is 17.6. The zero-order chi connectivity index (χ0) is 13.0. The second-order valence-electron chi connectivity index (χ2n) is 4.98. The van der Waals surface area contributed by atoms with Crippen LogP contribution in [0.25, 0.3) is 0 Å². The lowest BCUT2D eigenvalue weighted by atomic mass is 9.91. The number of hydrogen-bond acceptors (Lipinski definition) is 3. The maximum absolute atomic E-state index is 12.3. The lowest BCUT2D eigenvalue weighted by Gasteiger charge is -2.21. The van der Waals surface area contributed by atoms with Gasteiger partial charge in [-0.15, -0.1) is 0 Å². The summed E-state index contributed by atoms with van der Waals surface area (Å²) in [5, 5.41) is 0. The summed E-state index contributed by atoms with van der Waals surface area (Å²) >= 11 is 0. The summed E-state index contributed by atoms with van der Waals surface area (Å²) in [7, 11) is -3.25. The lowest BCUT2D eigenvalue weighted by molar-refractivity contribution is 0.112. The van der Waals surface area contributed by atoms with E-state index >= 15 is 0 Å². The summed E-state index contributed by atoms with van der Waals surface area (Å²) in [5.41, 5.74) is 0.416. The molecule has 18 heavy (non-hydrogen) atoms. The second kappa shape index (κ2) is 5.65. The fraction of sp³-hybridized carbons (Fsp3) is 0.500. The number of benzene rings is 1. The van der Waals surface area contributed by atoms with E-state index < -0.39 is 9.84 Å². The van der Waals surface area contributed by atoms with Crippen LogP contribution in [0.15, 0.2) is 29.2 Å². The van der Waals surface area contributed by atoms with Gasteiger partial charge in [0.25, 0.3) is 0 Å². The molecule has 0 heterocycles. The Kier molecular flexibility index (Phi) is 4.17. The molecule has 2 rings (SSSR count). The summed E-state index contributed by atoms with van der Waals surface area (Å²) in [6.07, 6.45) is 6.18. The largest absolute Gasteiger partial charge is 0.298 e. The van der Waals surface area contributed by atoms with Crippen LogP contribution in [0.4, 0.5) is 0 Å². The van der Waals surface area contributed by atoms with Crippen molar-refractivity contribution >= 4 is 16.1 Å². The molecule has 4 heteroatoms. The minimum absolute atomic E-state index is 0.218. The third-order valence-electron chi connectivity index (χ3n) is 3.53. The van der Waals surface area contributed by atoms with Gasteiger partial charge in [0, 0.05) is 5.56 Å². The number of sulfone groups is 1. The van der Waals surface area contributed by atoms with Gasteiger partial charge in [0.2, 0.25) is 0 Å². The van der Waals surface area contributed by atoms with Crippen molar-refractivity contribution in [2.24, 2.45) is 5.92 Å². The van der Waals surface area contributed by atoms with Crippen LogP contribution in [-0.4, -0.2) is 20.5 Å². The molecule has 0 radical (unpaired) electrons. The molecule has 0 saturated heterocycles. The van der Waals surface area contributed by atoms with E-state index in [-0.39, 0.29) is 16.6 Å². The van der Waals surface area contributed by atoms with E-state index in [0.717, 1.165) is 25.7 Å². The van der Waals surface area contributed by atoms with Crippen LogP contribution in [0.1, 0.15) is 42.5 Å². The molecule has 1 aromatic carbocycles. The third-order valence-corrected chi connectivity index (χ3v) is 5.42. The van der Waals surface area contributed by atoms with Gasteiger partial charge >= 0.3 is 0 Å². The quantitative estimate of drug-likeness (QED) is 0.787. The van der Waals surface area contributed by atoms with Gasteiger partial charge in [-0.25, -0.2) is 8.42 Å². The van der Waals surface area contributed by atoms with E-state index in [1.165, 1.54) is 12.5 Å². The lowest BCUT2D eigenvalue weighted by Crippen LogP contribution is -2.19. The fourth-order valence-corrected chi connectivity index (χ4v) is 4.29. The highest BCUT2D eigenvalue weighted by Gasteiger charge is 2.23. The molecule has 98 valence electrons. The molecule has 1 saturated carbocycles. The van der Waals surface area contributed by atoms with Gasteiger partial charge in [-0.3, -0.25) is 4.79 Å². The van der Waals surface area contributed by atoms with Gasteiger partial charge in [-0.1, -0.05) is 31.4 Å². The van der Waals surface area contributed by atoms with Crippen molar-refractivity contribution in [3.63, 3.8) is 0 Å². The van der Waals surface area contributed by atoms with Crippen molar-refractivity contribution in [1.82, 2.24) is 0 Å². The molecule has 1 aliphatic carbocycles. The Morgan fingerprint density at radius 1 is 1.17 bits per heavy atom. The van der Waals surface area contributed by atoms with Crippen molar-refractivity contribution < 1.29 is 13.2 Å². The maximum Gasteiger partial charge on any atom is 0.178 e. The van der Waals surface area contributed by atoms with Crippen molar-refractivity contribution in [2.75, 3.05) is 5.75 Å². The third kappa shape index (κ3) is 3.19. The van der Waals surface area contributed by atoms with E-state index in [1.807, 2.05) is 0 Å². The summed E-state index contributed by atoms with van der Waals surface area (Å²) < 4.78 is 24.5. The fourth-order valence-electron chi connectivity index (χ4n) is 2.54. The first kappa shape index (κ1) is 13.3. The highest BCUT2D eigenvalue weighted by atomic mass is 32.2. The van der Waals surface area contributed by atoms with Gasteiger partial charge in [0.1, 0.15) is 6.29 Å². The van der Waals surface area contributed by atoms with Crippen LogP contribution < -0.4 is 0 Å². The van der Waals surface area contributed by atoms with Gasteiger partial charge in [0.05, 0.1) is 10.6 Å². The molecule has 1 aliphatic rings. The number of carbonyl (C=O) groups is 1. The van der Waals surface area contributed by atoms with Crippen LogP contribution in [-0.2, 0) is 9.84 Å². The van der Waals surface area contributed by atoms with Crippen LogP contribution in [0.3, 0.4) is 0 Å². The number of hydrogen-bond donors (Lipinski definition) is 0. The molecule has 0 unspecified atom stereocenters. The summed E-state index contributed by atoms with van der Waals surface area (Å²) in [5.74, 6) is 0.499. The zero-order valence-corrected chi connectivity index (χ0v) is 11.2. The SMILES string of the molecule is O=Cc1cccc(S(=O)(=O)CC2CCCCC2)c1. The first-order valence-corrected chi connectivity index (χ1v) is 8.05. The molecule has 0 bridgehead atoms. The van der Waals surface area contributed by atoms with E-state index in [9.17, 15) is 13.2 Å². The highest BCUT2D eigenvalue weighted by Crippen LogP contribution is 2.27. The molecule has 3 nitrogen and oxygen atoms in total. The average molecular weight is 266 g/mol. The van der Waals surface area contributed by atoms with Crippen LogP contribution in [0.2, 0.25) is 0 Å². The molecular formula is C14H18O3S. The minimum atomic E-state index is -3.25. The summed E-state index contributed by atoms with van der Waals surface area (Å²) in [6.45, 7) is 0. The maximum atomic E-state index is 12.3. The Bertz CT molecular complexity index is 514. The molecule has 0 N–H and O–H groups in total. The molecule has 1 fully saturated rings. The molecular weight excluding hydrogens is 248 g/mol. The molecule has 0 aromatic heterocycles. The molecule has 0 atom stereocenters. The predicted molar refractivity (Wildman–Crippen MR) is 70.5 cm³/mol. The van der Waals surface area contributed by atoms with Crippen molar-refractivity contribution in [1.29, 1.82) is 0 Å². The Morgan fingerprint density at radius 3 is 2.56 bits per heavy atom. The Balaban J connectivity index is 2.16. The van der Waals surface area contributed by atoms with Gasteiger partial charge in [0.15, 0.2) is 9.84 Å². The van der Waals surface area contributed by atoms with Crippen LogP contribution in [0.5, 0.6) is 0 Å². The molecule has 1 aromatic rings.